The molecule has 0 saturated carbocycles. The van der Waals surface area contributed by atoms with Gasteiger partial charge in [-0.3, -0.25) is 4.79 Å². The molecule has 2 amide bonds. The van der Waals surface area contributed by atoms with Gasteiger partial charge in [-0.25, -0.2) is 9.18 Å². The third kappa shape index (κ3) is 5.10. The number of halogens is 1. The molecule has 0 fully saturated rings. The lowest BCUT2D eigenvalue weighted by Gasteiger charge is -2.17. The monoisotopic (exact) mass is 293 g/mol. The van der Waals surface area contributed by atoms with Crippen molar-refractivity contribution in [1.29, 1.82) is 5.26 Å². The molecule has 0 aromatic heterocycles. The van der Waals surface area contributed by atoms with Gasteiger partial charge in [-0.15, -0.1) is 0 Å². The van der Waals surface area contributed by atoms with Crippen LogP contribution >= 0.6 is 0 Å². The van der Waals surface area contributed by atoms with Gasteiger partial charge in [0.05, 0.1) is 12.1 Å². The fourth-order valence-electron chi connectivity index (χ4n) is 1.87. The second-order valence-electron chi connectivity index (χ2n) is 4.46. The fourth-order valence-corrected chi connectivity index (χ4v) is 1.87. The Hall–Kier alpha value is -2.62. The molecule has 0 heterocycles. The van der Waals surface area contributed by atoms with Crippen LogP contribution in [0.3, 0.4) is 0 Å². The second-order valence-corrected chi connectivity index (χ2v) is 4.46. The van der Waals surface area contributed by atoms with Gasteiger partial charge in [0.25, 0.3) is 0 Å². The normalized spacial score (nSPS) is 11.3. The van der Waals surface area contributed by atoms with Crippen LogP contribution in [-0.2, 0) is 4.79 Å². The molecule has 1 atom stereocenters. The summed E-state index contributed by atoms with van der Waals surface area (Å²) in [6.07, 6.45) is 1.02. The van der Waals surface area contributed by atoms with E-state index >= 15 is 0 Å². The first kappa shape index (κ1) is 16.4. The number of rotatable bonds is 6. The lowest BCUT2D eigenvalue weighted by Crippen LogP contribution is -2.39. The number of amides is 2. The summed E-state index contributed by atoms with van der Waals surface area (Å²) in [6, 6.07) is 4.36. The Morgan fingerprint density at radius 2 is 2.19 bits per heavy atom. The van der Waals surface area contributed by atoms with E-state index in [2.05, 4.69) is 10.6 Å². The average molecular weight is 293 g/mol. The van der Waals surface area contributed by atoms with Gasteiger partial charge in [-0.1, -0.05) is 19.4 Å². The Morgan fingerprint density at radius 3 is 2.76 bits per heavy atom. The Labute approximate surface area is 121 Å². The summed E-state index contributed by atoms with van der Waals surface area (Å²) in [5, 5.41) is 22.5. The summed E-state index contributed by atoms with van der Waals surface area (Å²) in [6.45, 7) is 1.87. The van der Waals surface area contributed by atoms with Crippen LogP contribution in [0.1, 0.15) is 31.7 Å². The lowest BCUT2D eigenvalue weighted by molar-refractivity contribution is -0.137. The summed E-state index contributed by atoms with van der Waals surface area (Å²) in [4.78, 5) is 22.5. The number of urea groups is 1. The molecule has 112 valence electrons. The zero-order valence-corrected chi connectivity index (χ0v) is 11.5. The van der Waals surface area contributed by atoms with Crippen molar-refractivity contribution in [2.24, 2.45) is 0 Å². The number of carbonyl (C=O) groups is 2. The molecule has 1 unspecified atom stereocenters. The first-order valence-corrected chi connectivity index (χ1v) is 6.45. The quantitative estimate of drug-likeness (QED) is 0.749. The van der Waals surface area contributed by atoms with E-state index in [9.17, 15) is 14.0 Å². The Balaban J connectivity index is 2.75. The highest BCUT2D eigenvalue weighted by molar-refractivity contribution is 5.91. The molecule has 6 nitrogen and oxygen atoms in total. The van der Waals surface area contributed by atoms with Gasteiger partial charge in [0, 0.05) is 6.04 Å². The first-order valence-electron chi connectivity index (χ1n) is 6.45. The maximum Gasteiger partial charge on any atom is 0.319 e. The summed E-state index contributed by atoms with van der Waals surface area (Å²) in [5.74, 6) is -1.75. The lowest BCUT2D eigenvalue weighted by atomic mass is 10.1. The minimum Gasteiger partial charge on any atom is -0.481 e. The van der Waals surface area contributed by atoms with E-state index in [1.165, 1.54) is 12.1 Å². The van der Waals surface area contributed by atoms with Gasteiger partial charge < -0.3 is 15.7 Å². The van der Waals surface area contributed by atoms with E-state index in [0.717, 1.165) is 6.07 Å². The molecule has 3 N–H and O–H groups in total. The van der Waals surface area contributed by atoms with Gasteiger partial charge in [0.1, 0.15) is 17.4 Å². The highest BCUT2D eigenvalue weighted by atomic mass is 19.1. The van der Waals surface area contributed by atoms with Crippen LogP contribution in [0.2, 0.25) is 0 Å². The molecule has 0 aliphatic rings. The van der Waals surface area contributed by atoms with Crippen molar-refractivity contribution in [2.75, 3.05) is 5.32 Å². The second kappa shape index (κ2) is 7.85. The number of benzene rings is 1. The van der Waals surface area contributed by atoms with E-state index < -0.39 is 23.9 Å². The van der Waals surface area contributed by atoms with Crippen LogP contribution in [0.25, 0.3) is 0 Å². The first-order chi connectivity index (χ1) is 9.97. The zero-order valence-electron chi connectivity index (χ0n) is 11.5. The molecule has 0 spiro atoms. The number of carboxylic acids is 1. The van der Waals surface area contributed by atoms with Crippen molar-refractivity contribution in [3.8, 4) is 6.07 Å². The molecular weight excluding hydrogens is 277 g/mol. The standard InChI is InChI=1S/C14H16FN3O3/c1-2-4-9(7-13(19)20)17-14(21)18-12-6-3-5-11(15)10(12)8-16/h3,5-6,9H,2,4,7H2,1H3,(H,19,20)(H2,17,18,21). The van der Waals surface area contributed by atoms with E-state index in [-0.39, 0.29) is 17.7 Å². The van der Waals surface area contributed by atoms with E-state index in [1.807, 2.05) is 6.92 Å². The maximum absolute atomic E-state index is 13.4. The van der Waals surface area contributed by atoms with Gasteiger partial charge in [-0.05, 0) is 18.6 Å². The van der Waals surface area contributed by atoms with E-state index in [1.54, 1.807) is 6.07 Å². The number of nitriles is 1. The van der Waals surface area contributed by atoms with Crippen LogP contribution in [0.15, 0.2) is 18.2 Å². The third-order valence-corrected chi connectivity index (χ3v) is 2.77. The Kier molecular flexibility index (Phi) is 6.14. The van der Waals surface area contributed by atoms with Crippen LogP contribution in [0.5, 0.6) is 0 Å². The van der Waals surface area contributed by atoms with Crippen LogP contribution in [-0.4, -0.2) is 23.1 Å². The van der Waals surface area contributed by atoms with Gasteiger partial charge in [0.15, 0.2) is 0 Å². The number of carboxylic acid groups (broad SMARTS) is 1. The summed E-state index contributed by atoms with van der Waals surface area (Å²) >= 11 is 0. The van der Waals surface area contributed by atoms with Gasteiger partial charge in [0.2, 0.25) is 0 Å². The molecule has 0 saturated heterocycles. The molecule has 1 aromatic rings. The summed E-state index contributed by atoms with van der Waals surface area (Å²) in [7, 11) is 0. The summed E-state index contributed by atoms with van der Waals surface area (Å²) in [5.41, 5.74) is -0.224. The van der Waals surface area contributed by atoms with Crippen molar-refractivity contribution in [1.82, 2.24) is 5.32 Å². The molecule has 0 aliphatic heterocycles. The molecule has 21 heavy (non-hydrogen) atoms. The SMILES string of the molecule is CCCC(CC(=O)O)NC(=O)Nc1cccc(F)c1C#N. The molecular formula is C14H16FN3O3. The van der Waals surface area contributed by atoms with Crippen molar-refractivity contribution < 1.29 is 19.1 Å². The topological polar surface area (TPSA) is 102 Å². The number of anilines is 1. The van der Waals surface area contributed by atoms with Gasteiger partial charge in [-0.2, -0.15) is 5.26 Å². The minimum absolute atomic E-state index is 0.0422. The smallest absolute Gasteiger partial charge is 0.319 e. The molecule has 1 aromatic carbocycles. The largest absolute Gasteiger partial charge is 0.481 e. The summed E-state index contributed by atoms with van der Waals surface area (Å²) < 4.78 is 13.4. The number of hydrogen-bond donors (Lipinski definition) is 3. The Morgan fingerprint density at radius 1 is 1.48 bits per heavy atom. The number of hydrogen-bond acceptors (Lipinski definition) is 3. The van der Waals surface area contributed by atoms with Crippen molar-refractivity contribution in [2.45, 2.75) is 32.2 Å². The molecule has 0 aliphatic carbocycles. The highest BCUT2D eigenvalue weighted by Gasteiger charge is 2.16. The van der Waals surface area contributed by atoms with Crippen LogP contribution < -0.4 is 10.6 Å². The molecule has 0 radical (unpaired) electrons. The predicted molar refractivity (Wildman–Crippen MR) is 74.2 cm³/mol. The van der Waals surface area contributed by atoms with Gasteiger partial charge >= 0.3 is 12.0 Å². The van der Waals surface area contributed by atoms with Crippen molar-refractivity contribution in [3.05, 3.63) is 29.6 Å². The molecule has 0 bridgehead atoms. The molecule has 7 heteroatoms. The zero-order chi connectivity index (χ0) is 15.8. The fraction of sp³-hybridized carbons (Fsp3) is 0.357. The minimum atomic E-state index is -1.02. The van der Waals surface area contributed by atoms with Crippen molar-refractivity contribution >= 4 is 17.7 Å². The van der Waals surface area contributed by atoms with E-state index in [4.69, 9.17) is 10.4 Å². The number of nitrogens with one attached hydrogen (secondary N) is 2. The maximum atomic E-state index is 13.4. The average Bonchev–Trinajstić information content (AvgIpc) is 2.38. The number of aliphatic carboxylic acids is 1. The van der Waals surface area contributed by atoms with E-state index in [0.29, 0.717) is 12.8 Å². The highest BCUT2D eigenvalue weighted by Crippen LogP contribution is 2.17. The van der Waals surface area contributed by atoms with Crippen LogP contribution in [0.4, 0.5) is 14.9 Å². The number of carbonyl (C=O) groups excluding carboxylic acids is 1. The predicted octanol–water partition coefficient (Wildman–Crippen LogP) is 2.46. The third-order valence-electron chi connectivity index (χ3n) is 2.77. The van der Waals surface area contributed by atoms with Crippen LogP contribution in [0, 0.1) is 17.1 Å². The van der Waals surface area contributed by atoms with Crippen molar-refractivity contribution in [3.63, 3.8) is 0 Å². The molecule has 1 rings (SSSR count). The number of nitrogens with zero attached hydrogens (tertiary/aromatic N) is 1. The Bertz CT molecular complexity index is 569.